The number of hydrogen-bond donors (Lipinski definition) is 0. The van der Waals surface area contributed by atoms with E-state index in [1.165, 1.54) is 36.1 Å². The maximum Gasteiger partial charge on any atom is 0.108 e. The molecule has 0 N–H and O–H groups in total. The third-order valence-corrected chi connectivity index (χ3v) is 7.32. The molecule has 1 aromatic rings. The lowest BCUT2D eigenvalue weighted by atomic mass is 10.1. The normalized spacial score (nSPS) is 12.2. The van der Waals surface area contributed by atoms with Crippen molar-refractivity contribution in [2.75, 3.05) is 12.3 Å². The fourth-order valence-corrected chi connectivity index (χ4v) is 5.01. The molecule has 0 aliphatic carbocycles. The number of rotatable bonds is 8. The van der Waals surface area contributed by atoms with Crippen molar-refractivity contribution in [3.63, 3.8) is 0 Å². The molecule has 106 valence electrons. The molecule has 0 unspecified atom stereocenters. The van der Waals surface area contributed by atoms with Crippen molar-refractivity contribution in [2.24, 2.45) is 4.99 Å². The van der Waals surface area contributed by atoms with E-state index in [-0.39, 0.29) is 0 Å². The van der Waals surface area contributed by atoms with Crippen LogP contribution in [0.5, 0.6) is 0 Å². The van der Waals surface area contributed by atoms with Crippen LogP contribution in [0.25, 0.3) is 0 Å². The first-order chi connectivity index (χ1) is 8.97. The van der Waals surface area contributed by atoms with E-state index in [9.17, 15) is 0 Å². The Morgan fingerprint density at radius 1 is 1.16 bits per heavy atom. The molecule has 3 heteroatoms. The molecular weight excluding hydrogens is 266 g/mol. The van der Waals surface area contributed by atoms with Gasteiger partial charge in [0.1, 0.15) is 7.22 Å². The van der Waals surface area contributed by atoms with Crippen LogP contribution in [0.3, 0.4) is 0 Å². The van der Waals surface area contributed by atoms with Crippen molar-refractivity contribution in [3.8, 4) is 0 Å². The van der Waals surface area contributed by atoms with Crippen LogP contribution in [0.4, 0.5) is 0 Å². The van der Waals surface area contributed by atoms with E-state index < -0.39 is 7.22 Å². The number of aliphatic imine (C=N–C) groups is 1. The topological polar surface area (TPSA) is 12.4 Å². The molecule has 0 spiro atoms. The lowest BCUT2D eigenvalue weighted by Crippen LogP contribution is -2.14. The van der Waals surface area contributed by atoms with Gasteiger partial charge in [-0.2, -0.15) is 11.2 Å². The van der Waals surface area contributed by atoms with Crippen LogP contribution in [-0.2, 0) is 0 Å². The van der Waals surface area contributed by atoms with Crippen LogP contribution >= 0.6 is 11.2 Å². The summed E-state index contributed by atoms with van der Waals surface area (Å²) < 4.78 is 0. The average Bonchev–Trinajstić information content (AvgIpc) is 2.31. The highest BCUT2D eigenvalue weighted by Crippen LogP contribution is 2.20. The molecule has 0 amide bonds. The Morgan fingerprint density at radius 2 is 1.95 bits per heavy atom. The molecule has 0 aromatic heterocycles. The molecule has 1 aromatic carbocycles. The second-order valence-electron chi connectivity index (χ2n) is 5.97. The molecule has 0 atom stereocenters. The summed E-state index contributed by atoms with van der Waals surface area (Å²) in [5.74, 6) is 1.33. The van der Waals surface area contributed by atoms with Gasteiger partial charge >= 0.3 is 0 Å². The lowest BCUT2D eigenvalue weighted by Gasteiger charge is -2.14. The number of benzene rings is 1. The van der Waals surface area contributed by atoms with E-state index in [1.54, 1.807) is 0 Å². The molecule has 0 aliphatic rings. The Labute approximate surface area is 123 Å². The van der Waals surface area contributed by atoms with Gasteiger partial charge in [-0.1, -0.05) is 55.9 Å². The fourth-order valence-electron chi connectivity index (χ4n) is 1.78. The van der Waals surface area contributed by atoms with E-state index in [2.05, 4.69) is 67.0 Å². The third kappa shape index (κ3) is 9.06. The average molecular weight is 294 g/mol. The third-order valence-electron chi connectivity index (χ3n) is 2.75. The molecule has 1 rings (SSSR count). The van der Waals surface area contributed by atoms with Crippen LogP contribution in [0, 0.1) is 6.92 Å². The van der Waals surface area contributed by atoms with Crippen molar-refractivity contribution < 1.29 is 0 Å². The second kappa shape index (κ2) is 8.59. The maximum absolute atomic E-state index is 4.51. The Morgan fingerprint density at radius 3 is 2.63 bits per heavy atom. The zero-order valence-corrected chi connectivity index (χ0v) is 14.6. The van der Waals surface area contributed by atoms with Gasteiger partial charge in [-0.25, -0.2) is 0 Å². The molecule has 0 saturated heterocycles. The minimum Gasteiger partial charge on any atom is -0.293 e. The summed E-state index contributed by atoms with van der Waals surface area (Å²) >= 11 is 2.20. The van der Waals surface area contributed by atoms with Gasteiger partial charge in [0, 0.05) is 12.8 Å². The van der Waals surface area contributed by atoms with Crippen LogP contribution in [-0.4, -0.2) is 25.7 Å². The summed E-state index contributed by atoms with van der Waals surface area (Å²) in [5.41, 5.74) is 2.52. The monoisotopic (exact) mass is 293 g/mol. The van der Waals surface area contributed by atoms with Gasteiger partial charge in [0.05, 0.1) is 0 Å². The lowest BCUT2D eigenvalue weighted by molar-refractivity contribution is 0.735. The number of aryl methyl sites for hydroxylation is 1. The predicted molar refractivity (Wildman–Crippen MR) is 93.3 cm³/mol. The molecule has 0 heterocycles. The number of nitrogens with zero attached hydrogens (tertiary/aromatic N) is 1. The highest BCUT2D eigenvalue weighted by atomic mass is 32.4. The van der Waals surface area contributed by atoms with Gasteiger partial charge in [-0.15, -0.1) is 0 Å². The smallest absolute Gasteiger partial charge is 0.108 e. The number of unbranched alkanes of at least 4 members (excludes halogenated alkanes) is 2. The van der Waals surface area contributed by atoms with Gasteiger partial charge in [-0.05, 0) is 31.1 Å². The Bertz CT molecular complexity index is 396. The molecule has 19 heavy (non-hydrogen) atoms. The van der Waals surface area contributed by atoms with Gasteiger partial charge < -0.3 is 0 Å². The van der Waals surface area contributed by atoms with Crippen molar-refractivity contribution >= 4 is 24.6 Å². The summed E-state index contributed by atoms with van der Waals surface area (Å²) in [6, 6.07) is 8.49. The van der Waals surface area contributed by atoms with Gasteiger partial charge in [0.25, 0.3) is 0 Å². The van der Waals surface area contributed by atoms with E-state index in [0.717, 1.165) is 6.54 Å². The highest BCUT2D eigenvalue weighted by Gasteiger charge is 2.12. The van der Waals surface area contributed by atoms with E-state index in [4.69, 9.17) is 0 Å². The van der Waals surface area contributed by atoms with Gasteiger partial charge in [0.15, 0.2) is 0 Å². The standard InChI is InChI=1S/C16H27NSSi/c1-15-9-8-10-16(13-15)14-17-11-6-5-7-12-18-19(2,3)4/h8-10,13-14H,5-7,11-12H2,1-4H3/b17-14+. The first kappa shape index (κ1) is 16.5. The summed E-state index contributed by atoms with van der Waals surface area (Å²) in [5, 5.41) is 0. The number of hydrogen-bond acceptors (Lipinski definition) is 2. The van der Waals surface area contributed by atoms with Crippen molar-refractivity contribution in [2.45, 2.75) is 45.8 Å². The first-order valence-corrected chi connectivity index (χ1v) is 12.4. The molecule has 0 fully saturated rings. The highest BCUT2D eigenvalue weighted by molar-refractivity contribution is 8.28. The largest absolute Gasteiger partial charge is 0.293 e. The maximum atomic E-state index is 4.51. The van der Waals surface area contributed by atoms with Gasteiger partial charge in [0.2, 0.25) is 0 Å². The van der Waals surface area contributed by atoms with E-state index in [1.807, 2.05) is 6.21 Å². The van der Waals surface area contributed by atoms with Crippen LogP contribution in [0.15, 0.2) is 29.3 Å². The molecule has 1 nitrogen and oxygen atoms in total. The molecule has 0 aliphatic heterocycles. The fraction of sp³-hybridized carbons (Fsp3) is 0.562. The molecule has 0 radical (unpaired) electrons. The summed E-state index contributed by atoms with van der Waals surface area (Å²) in [4.78, 5) is 4.51. The first-order valence-electron chi connectivity index (χ1n) is 7.18. The Hall–Kier alpha value is -0.543. The van der Waals surface area contributed by atoms with Crippen molar-refractivity contribution in [1.29, 1.82) is 0 Å². The molecule has 0 saturated carbocycles. The van der Waals surface area contributed by atoms with E-state index >= 15 is 0 Å². The predicted octanol–water partition coefficient (Wildman–Crippen LogP) is 5.15. The van der Waals surface area contributed by atoms with Crippen molar-refractivity contribution in [3.05, 3.63) is 35.4 Å². The molecule has 0 bridgehead atoms. The van der Waals surface area contributed by atoms with Crippen LogP contribution < -0.4 is 0 Å². The SMILES string of the molecule is Cc1cccc(/C=N/CCCCCS[Si](C)(C)C)c1. The Kier molecular flexibility index (Phi) is 7.47. The van der Waals surface area contributed by atoms with Gasteiger partial charge in [-0.3, -0.25) is 4.99 Å². The quantitative estimate of drug-likeness (QED) is 0.367. The second-order valence-corrected chi connectivity index (χ2v) is 15.4. The molecular formula is C16H27NSSi. The Balaban J connectivity index is 2.08. The van der Waals surface area contributed by atoms with Crippen LogP contribution in [0.1, 0.15) is 30.4 Å². The summed E-state index contributed by atoms with van der Waals surface area (Å²) in [6.45, 7) is 10.3. The van der Waals surface area contributed by atoms with Crippen molar-refractivity contribution in [1.82, 2.24) is 0 Å². The minimum atomic E-state index is -0.895. The summed E-state index contributed by atoms with van der Waals surface area (Å²) in [6.07, 6.45) is 5.87. The zero-order chi connectivity index (χ0) is 14.1. The minimum absolute atomic E-state index is 0.895. The summed E-state index contributed by atoms with van der Waals surface area (Å²) in [7, 11) is -0.895. The van der Waals surface area contributed by atoms with Crippen LogP contribution in [0.2, 0.25) is 19.6 Å². The zero-order valence-electron chi connectivity index (χ0n) is 12.8. The van der Waals surface area contributed by atoms with E-state index in [0.29, 0.717) is 0 Å².